The first-order valence-corrected chi connectivity index (χ1v) is 8.48. The van der Waals surface area contributed by atoms with Gasteiger partial charge in [0.05, 0.1) is 5.69 Å². The predicted octanol–water partition coefficient (Wildman–Crippen LogP) is 3.56. The van der Waals surface area contributed by atoms with Crippen LogP contribution < -0.4 is 5.32 Å². The van der Waals surface area contributed by atoms with Crippen LogP contribution in [0.4, 0.5) is 0 Å². The van der Waals surface area contributed by atoms with E-state index in [0.717, 1.165) is 24.9 Å². The molecule has 1 saturated carbocycles. The van der Waals surface area contributed by atoms with Crippen molar-refractivity contribution in [3.63, 3.8) is 0 Å². The molecule has 20 heavy (non-hydrogen) atoms. The van der Waals surface area contributed by atoms with Gasteiger partial charge in [-0.05, 0) is 64.1 Å². The average Bonchev–Trinajstić information content (AvgIpc) is 2.66. The molecule has 0 bridgehead atoms. The first-order chi connectivity index (χ1) is 9.74. The minimum atomic E-state index is 0.831. The molecule has 1 aromatic heterocycles. The molecule has 0 saturated heterocycles. The third-order valence-corrected chi connectivity index (χ3v) is 4.73. The largest absolute Gasteiger partial charge is 0.317 e. The van der Waals surface area contributed by atoms with Crippen molar-refractivity contribution in [1.82, 2.24) is 15.1 Å². The van der Waals surface area contributed by atoms with Crippen molar-refractivity contribution in [3.05, 3.63) is 17.5 Å². The molecule has 0 radical (unpaired) electrons. The van der Waals surface area contributed by atoms with Crippen molar-refractivity contribution in [3.8, 4) is 0 Å². The van der Waals surface area contributed by atoms with E-state index in [4.69, 9.17) is 0 Å². The van der Waals surface area contributed by atoms with Crippen LogP contribution in [0.25, 0.3) is 0 Å². The van der Waals surface area contributed by atoms with Crippen LogP contribution in [0.5, 0.6) is 0 Å². The van der Waals surface area contributed by atoms with Crippen LogP contribution >= 0.6 is 0 Å². The summed E-state index contributed by atoms with van der Waals surface area (Å²) in [4.78, 5) is 0. The van der Waals surface area contributed by atoms with Crippen molar-refractivity contribution in [1.29, 1.82) is 0 Å². The van der Waals surface area contributed by atoms with Crippen LogP contribution in [-0.2, 0) is 13.0 Å². The lowest BCUT2D eigenvalue weighted by Crippen LogP contribution is -2.29. The van der Waals surface area contributed by atoms with E-state index in [1.165, 1.54) is 56.5 Å². The van der Waals surface area contributed by atoms with Gasteiger partial charge in [-0.2, -0.15) is 5.10 Å². The van der Waals surface area contributed by atoms with Gasteiger partial charge in [-0.1, -0.05) is 26.2 Å². The van der Waals surface area contributed by atoms with Gasteiger partial charge in [0, 0.05) is 12.2 Å². The van der Waals surface area contributed by atoms with Gasteiger partial charge in [-0.15, -0.1) is 0 Å². The topological polar surface area (TPSA) is 29.9 Å². The van der Waals surface area contributed by atoms with Crippen molar-refractivity contribution in [2.24, 2.45) is 11.8 Å². The molecule has 2 atom stereocenters. The fourth-order valence-corrected chi connectivity index (χ4v) is 3.63. The molecular formula is C17H31N3. The Morgan fingerprint density at radius 1 is 1.20 bits per heavy atom. The second kappa shape index (κ2) is 7.82. The summed E-state index contributed by atoms with van der Waals surface area (Å²) in [5.74, 6) is 1.68. The highest BCUT2D eigenvalue weighted by molar-refractivity contribution is 5.10. The predicted molar refractivity (Wildman–Crippen MR) is 85.0 cm³/mol. The SMILES string of the molecule is CCNCC1CCCCCC1Cc1cc(C)nn1CC. The van der Waals surface area contributed by atoms with Crippen molar-refractivity contribution < 1.29 is 0 Å². The number of rotatable bonds is 6. The molecule has 1 aromatic rings. The highest BCUT2D eigenvalue weighted by Crippen LogP contribution is 2.31. The van der Waals surface area contributed by atoms with E-state index in [0.29, 0.717) is 0 Å². The van der Waals surface area contributed by atoms with Gasteiger partial charge in [-0.3, -0.25) is 4.68 Å². The minimum Gasteiger partial charge on any atom is -0.317 e. The zero-order valence-electron chi connectivity index (χ0n) is 13.5. The average molecular weight is 277 g/mol. The maximum atomic E-state index is 4.61. The first kappa shape index (κ1) is 15.6. The Kier molecular flexibility index (Phi) is 6.08. The lowest BCUT2D eigenvalue weighted by atomic mass is 9.84. The molecule has 2 rings (SSSR count). The van der Waals surface area contributed by atoms with E-state index < -0.39 is 0 Å². The van der Waals surface area contributed by atoms with Gasteiger partial charge in [-0.25, -0.2) is 0 Å². The summed E-state index contributed by atoms with van der Waals surface area (Å²) in [5, 5.41) is 8.18. The molecule has 0 aliphatic heterocycles. The summed E-state index contributed by atoms with van der Waals surface area (Å²) in [6, 6.07) is 2.29. The van der Waals surface area contributed by atoms with Crippen molar-refractivity contribution in [2.75, 3.05) is 13.1 Å². The summed E-state index contributed by atoms with van der Waals surface area (Å²) in [5.41, 5.74) is 2.61. The van der Waals surface area contributed by atoms with Crippen LogP contribution in [0, 0.1) is 18.8 Å². The molecular weight excluding hydrogens is 246 g/mol. The van der Waals surface area contributed by atoms with Crippen LogP contribution in [0.15, 0.2) is 6.07 Å². The standard InChI is InChI=1S/C17H31N3/c1-4-18-13-16-10-8-6-7-9-15(16)12-17-11-14(3)19-20(17)5-2/h11,15-16,18H,4-10,12-13H2,1-3H3. The molecule has 1 aliphatic rings. The van der Waals surface area contributed by atoms with Crippen LogP contribution in [0.2, 0.25) is 0 Å². The molecule has 114 valence electrons. The molecule has 1 N–H and O–H groups in total. The maximum absolute atomic E-state index is 4.61. The van der Waals surface area contributed by atoms with Crippen molar-refractivity contribution in [2.45, 2.75) is 65.8 Å². The zero-order valence-corrected chi connectivity index (χ0v) is 13.5. The number of aromatic nitrogens is 2. The van der Waals surface area contributed by atoms with E-state index in [1.807, 2.05) is 0 Å². The third kappa shape index (κ3) is 4.08. The minimum absolute atomic E-state index is 0.831. The Labute approximate surface area is 124 Å². The van der Waals surface area contributed by atoms with Crippen LogP contribution in [0.3, 0.4) is 0 Å². The highest BCUT2D eigenvalue weighted by Gasteiger charge is 2.24. The van der Waals surface area contributed by atoms with E-state index in [1.54, 1.807) is 0 Å². The smallest absolute Gasteiger partial charge is 0.0596 e. The van der Waals surface area contributed by atoms with E-state index in [-0.39, 0.29) is 0 Å². The third-order valence-electron chi connectivity index (χ3n) is 4.73. The fraction of sp³-hybridized carbons (Fsp3) is 0.824. The maximum Gasteiger partial charge on any atom is 0.0596 e. The van der Waals surface area contributed by atoms with Gasteiger partial charge in [0.25, 0.3) is 0 Å². The summed E-state index contributed by atoms with van der Waals surface area (Å²) in [6.45, 7) is 9.79. The van der Waals surface area contributed by atoms with E-state index in [9.17, 15) is 0 Å². The van der Waals surface area contributed by atoms with Gasteiger partial charge in [0.15, 0.2) is 0 Å². The number of hydrogen-bond donors (Lipinski definition) is 1. The quantitative estimate of drug-likeness (QED) is 0.806. The first-order valence-electron chi connectivity index (χ1n) is 8.48. The molecule has 0 amide bonds. The summed E-state index contributed by atoms with van der Waals surface area (Å²) in [7, 11) is 0. The summed E-state index contributed by atoms with van der Waals surface area (Å²) in [6.07, 6.45) is 8.25. The zero-order chi connectivity index (χ0) is 14.4. The fourth-order valence-electron chi connectivity index (χ4n) is 3.63. The number of aryl methyl sites for hydroxylation is 2. The number of hydrogen-bond acceptors (Lipinski definition) is 2. The lowest BCUT2D eigenvalue weighted by Gasteiger charge is -2.25. The monoisotopic (exact) mass is 277 g/mol. The Morgan fingerprint density at radius 3 is 2.65 bits per heavy atom. The number of nitrogens with one attached hydrogen (secondary N) is 1. The molecule has 3 heteroatoms. The van der Waals surface area contributed by atoms with Crippen molar-refractivity contribution >= 4 is 0 Å². The Bertz CT molecular complexity index is 397. The molecule has 1 fully saturated rings. The Balaban J connectivity index is 2.05. The van der Waals surface area contributed by atoms with Gasteiger partial charge in [0.1, 0.15) is 0 Å². The normalized spacial score (nSPS) is 23.8. The van der Waals surface area contributed by atoms with Crippen LogP contribution in [-0.4, -0.2) is 22.9 Å². The molecule has 0 aromatic carbocycles. The second-order valence-electron chi connectivity index (χ2n) is 6.26. The van der Waals surface area contributed by atoms with Gasteiger partial charge >= 0.3 is 0 Å². The summed E-state index contributed by atoms with van der Waals surface area (Å²) < 4.78 is 2.20. The summed E-state index contributed by atoms with van der Waals surface area (Å²) >= 11 is 0. The van der Waals surface area contributed by atoms with Gasteiger partial charge in [0.2, 0.25) is 0 Å². The molecule has 2 unspecified atom stereocenters. The van der Waals surface area contributed by atoms with E-state index in [2.05, 4.69) is 41.9 Å². The Hall–Kier alpha value is -0.830. The number of nitrogens with zero attached hydrogens (tertiary/aromatic N) is 2. The lowest BCUT2D eigenvalue weighted by molar-refractivity contribution is 0.294. The van der Waals surface area contributed by atoms with Gasteiger partial charge < -0.3 is 5.32 Å². The highest BCUT2D eigenvalue weighted by atomic mass is 15.3. The molecule has 0 spiro atoms. The van der Waals surface area contributed by atoms with Crippen LogP contribution in [0.1, 0.15) is 57.3 Å². The Morgan fingerprint density at radius 2 is 1.95 bits per heavy atom. The van der Waals surface area contributed by atoms with E-state index >= 15 is 0 Å². The molecule has 1 aliphatic carbocycles. The molecule has 3 nitrogen and oxygen atoms in total. The molecule has 1 heterocycles. The second-order valence-corrected chi connectivity index (χ2v) is 6.26.